The van der Waals surface area contributed by atoms with Crippen molar-refractivity contribution in [1.29, 1.82) is 0 Å². The summed E-state index contributed by atoms with van der Waals surface area (Å²) in [5.41, 5.74) is 1.90. The number of ether oxygens (including phenoxy) is 1. The number of benzene rings is 1. The van der Waals surface area contributed by atoms with Crippen molar-refractivity contribution in [3.63, 3.8) is 0 Å². The van der Waals surface area contributed by atoms with Crippen LogP contribution in [0.5, 0.6) is 11.6 Å². The standard InChI is InChI=1S/C18H20N4O2/c1-22-7-4-13-8-15(2-3-16(13)22)24-17-9-14(19-12-20-17)10-21-18(11-23)5-6-18/h2-4,7-9,12,21,23H,5-6,10-11H2,1H3. The first kappa shape index (κ1) is 15.1. The van der Waals surface area contributed by atoms with Crippen molar-refractivity contribution < 1.29 is 9.84 Å². The fourth-order valence-electron chi connectivity index (χ4n) is 2.79. The molecule has 6 heteroatoms. The number of aryl methyl sites for hydroxylation is 1. The predicted octanol–water partition coefficient (Wildman–Crippen LogP) is 2.38. The highest BCUT2D eigenvalue weighted by molar-refractivity contribution is 5.81. The number of nitrogens with one attached hydrogen (secondary N) is 1. The van der Waals surface area contributed by atoms with Gasteiger partial charge in [0.1, 0.15) is 12.1 Å². The van der Waals surface area contributed by atoms with E-state index >= 15 is 0 Å². The monoisotopic (exact) mass is 324 g/mol. The molecule has 0 unspecified atom stereocenters. The molecule has 4 rings (SSSR count). The predicted molar refractivity (Wildman–Crippen MR) is 90.9 cm³/mol. The van der Waals surface area contributed by atoms with Crippen LogP contribution in [-0.2, 0) is 13.6 Å². The van der Waals surface area contributed by atoms with Crippen molar-refractivity contribution in [2.24, 2.45) is 7.05 Å². The van der Waals surface area contributed by atoms with Gasteiger partial charge < -0.3 is 19.7 Å². The van der Waals surface area contributed by atoms with E-state index in [1.165, 1.54) is 6.33 Å². The summed E-state index contributed by atoms with van der Waals surface area (Å²) in [6.07, 6.45) is 5.55. The fraction of sp³-hybridized carbons (Fsp3) is 0.333. The maximum atomic E-state index is 9.35. The first-order valence-corrected chi connectivity index (χ1v) is 8.07. The Morgan fingerprint density at radius 1 is 1.25 bits per heavy atom. The Hall–Kier alpha value is -2.44. The molecule has 1 fully saturated rings. The number of hydrogen-bond acceptors (Lipinski definition) is 5. The van der Waals surface area contributed by atoms with Crippen LogP contribution in [0.3, 0.4) is 0 Å². The quantitative estimate of drug-likeness (QED) is 0.728. The molecule has 0 bridgehead atoms. The number of rotatable bonds is 6. The third-order valence-electron chi connectivity index (χ3n) is 4.58. The van der Waals surface area contributed by atoms with E-state index in [2.05, 4.69) is 25.9 Å². The van der Waals surface area contributed by atoms with E-state index in [4.69, 9.17) is 4.74 Å². The highest BCUT2D eigenvalue weighted by Crippen LogP contribution is 2.34. The normalized spacial score (nSPS) is 15.6. The molecule has 3 aromatic rings. The lowest BCUT2D eigenvalue weighted by Gasteiger charge is -2.13. The third kappa shape index (κ3) is 2.98. The van der Waals surface area contributed by atoms with Crippen LogP contribution < -0.4 is 10.1 Å². The summed E-state index contributed by atoms with van der Waals surface area (Å²) in [6, 6.07) is 9.86. The van der Waals surface area contributed by atoms with Gasteiger partial charge in [0.15, 0.2) is 0 Å². The molecule has 0 saturated heterocycles. The highest BCUT2D eigenvalue weighted by Gasteiger charge is 2.41. The number of nitrogens with zero attached hydrogens (tertiary/aromatic N) is 3. The van der Waals surface area contributed by atoms with Crippen molar-refractivity contribution in [3.8, 4) is 11.6 Å². The molecule has 2 heterocycles. The number of aromatic nitrogens is 3. The van der Waals surface area contributed by atoms with Gasteiger partial charge in [-0.2, -0.15) is 0 Å². The Balaban J connectivity index is 1.48. The second-order valence-corrected chi connectivity index (χ2v) is 6.39. The molecule has 0 amide bonds. The van der Waals surface area contributed by atoms with Crippen LogP contribution in [0.2, 0.25) is 0 Å². The molecule has 0 aliphatic heterocycles. The molecular weight excluding hydrogens is 304 g/mol. The number of hydrogen-bond donors (Lipinski definition) is 2. The van der Waals surface area contributed by atoms with E-state index < -0.39 is 0 Å². The van der Waals surface area contributed by atoms with Gasteiger partial charge in [0.2, 0.25) is 5.88 Å². The molecule has 1 aromatic carbocycles. The van der Waals surface area contributed by atoms with Crippen LogP contribution >= 0.6 is 0 Å². The van der Waals surface area contributed by atoms with Gasteiger partial charge in [-0.1, -0.05) is 0 Å². The zero-order chi connectivity index (χ0) is 16.6. The zero-order valence-corrected chi connectivity index (χ0v) is 13.6. The van der Waals surface area contributed by atoms with Crippen LogP contribution in [0.25, 0.3) is 10.9 Å². The van der Waals surface area contributed by atoms with Crippen molar-refractivity contribution in [2.45, 2.75) is 24.9 Å². The molecule has 2 N–H and O–H groups in total. The van der Waals surface area contributed by atoms with E-state index in [0.29, 0.717) is 12.4 Å². The van der Waals surface area contributed by atoms with E-state index in [1.54, 1.807) is 0 Å². The molecule has 0 spiro atoms. The molecule has 124 valence electrons. The van der Waals surface area contributed by atoms with Crippen LogP contribution in [0.4, 0.5) is 0 Å². The Morgan fingerprint density at radius 3 is 2.92 bits per heavy atom. The van der Waals surface area contributed by atoms with Gasteiger partial charge in [-0.25, -0.2) is 9.97 Å². The molecule has 1 aliphatic carbocycles. The van der Waals surface area contributed by atoms with E-state index in [9.17, 15) is 5.11 Å². The maximum Gasteiger partial charge on any atom is 0.222 e. The van der Waals surface area contributed by atoms with Gasteiger partial charge in [-0.15, -0.1) is 0 Å². The summed E-state index contributed by atoms with van der Waals surface area (Å²) in [6.45, 7) is 0.760. The van der Waals surface area contributed by atoms with Crippen LogP contribution in [0.1, 0.15) is 18.5 Å². The van der Waals surface area contributed by atoms with Gasteiger partial charge in [-0.3, -0.25) is 0 Å². The number of fused-ring (bicyclic) bond motifs is 1. The summed E-state index contributed by atoms with van der Waals surface area (Å²) in [5, 5.41) is 13.8. The van der Waals surface area contributed by atoms with Gasteiger partial charge in [0.05, 0.1) is 12.3 Å². The lowest BCUT2D eigenvalue weighted by Crippen LogP contribution is -2.34. The lowest BCUT2D eigenvalue weighted by molar-refractivity contribution is 0.229. The van der Waals surface area contributed by atoms with Crippen molar-refractivity contribution in [2.75, 3.05) is 6.61 Å². The summed E-state index contributed by atoms with van der Waals surface area (Å²) in [4.78, 5) is 8.45. The smallest absolute Gasteiger partial charge is 0.222 e. The molecule has 1 saturated carbocycles. The highest BCUT2D eigenvalue weighted by atomic mass is 16.5. The molecule has 0 atom stereocenters. The average Bonchev–Trinajstić information content (AvgIpc) is 3.31. The van der Waals surface area contributed by atoms with Gasteiger partial charge in [0.25, 0.3) is 0 Å². The summed E-state index contributed by atoms with van der Waals surface area (Å²) < 4.78 is 7.94. The van der Waals surface area contributed by atoms with Crippen LogP contribution in [0, 0.1) is 0 Å². The second-order valence-electron chi connectivity index (χ2n) is 6.39. The minimum atomic E-state index is -0.107. The van der Waals surface area contributed by atoms with E-state index in [1.807, 2.05) is 37.5 Å². The fourth-order valence-corrected chi connectivity index (χ4v) is 2.79. The number of aliphatic hydroxyl groups excluding tert-OH is 1. The second kappa shape index (κ2) is 5.89. The van der Waals surface area contributed by atoms with Crippen molar-refractivity contribution >= 4 is 10.9 Å². The summed E-state index contributed by atoms with van der Waals surface area (Å²) in [7, 11) is 2.02. The Morgan fingerprint density at radius 2 is 2.12 bits per heavy atom. The zero-order valence-electron chi connectivity index (χ0n) is 13.6. The van der Waals surface area contributed by atoms with E-state index in [0.717, 1.165) is 35.2 Å². The summed E-state index contributed by atoms with van der Waals surface area (Å²) >= 11 is 0. The minimum Gasteiger partial charge on any atom is -0.439 e. The van der Waals surface area contributed by atoms with Crippen LogP contribution in [0.15, 0.2) is 42.9 Å². The molecule has 24 heavy (non-hydrogen) atoms. The van der Waals surface area contributed by atoms with Crippen LogP contribution in [-0.4, -0.2) is 31.8 Å². The maximum absolute atomic E-state index is 9.35. The lowest BCUT2D eigenvalue weighted by atomic mass is 10.2. The number of aliphatic hydroxyl groups is 1. The minimum absolute atomic E-state index is 0.107. The van der Waals surface area contributed by atoms with Crippen molar-refractivity contribution in [3.05, 3.63) is 48.5 Å². The molecular formula is C18H20N4O2. The summed E-state index contributed by atoms with van der Waals surface area (Å²) in [5.74, 6) is 1.27. The largest absolute Gasteiger partial charge is 0.439 e. The van der Waals surface area contributed by atoms with Gasteiger partial charge in [0, 0.05) is 42.3 Å². The molecule has 6 nitrogen and oxygen atoms in total. The van der Waals surface area contributed by atoms with Gasteiger partial charge in [-0.05, 0) is 37.1 Å². The average molecular weight is 324 g/mol. The Kier molecular flexibility index (Phi) is 3.70. The first-order valence-electron chi connectivity index (χ1n) is 8.07. The molecule has 0 radical (unpaired) electrons. The SMILES string of the molecule is Cn1ccc2cc(Oc3cc(CNC4(CO)CC4)ncn3)ccc21. The molecule has 2 aromatic heterocycles. The molecule has 1 aliphatic rings. The first-order chi connectivity index (χ1) is 11.7. The third-order valence-corrected chi connectivity index (χ3v) is 4.58. The topological polar surface area (TPSA) is 72.2 Å². The Labute approximate surface area is 140 Å². The van der Waals surface area contributed by atoms with E-state index in [-0.39, 0.29) is 12.1 Å². The van der Waals surface area contributed by atoms with Crippen molar-refractivity contribution in [1.82, 2.24) is 19.9 Å². The Bertz CT molecular complexity index is 870. The van der Waals surface area contributed by atoms with Gasteiger partial charge >= 0.3 is 0 Å².